The third-order valence-corrected chi connectivity index (χ3v) is 4.08. The summed E-state index contributed by atoms with van der Waals surface area (Å²) < 4.78 is 7.43. The first-order chi connectivity index (χ1) is 8.75. The molecule has 0 atom stereocenters. The Morgan fingerprint density at radius 2 is 1.94 bits per heavy atom. The van der Waals surface area contributed by atoms with Crippen LogP contribution in [0.2, 0.25) is 0 Å². The van der Waals surface area contributed by atoms with Crippen molar-refractivity contribution in [2.75, 3.05) is 26.3 Å². The fourth-order valence-corrected chi connectivity index (χ4v) is 3.08. The molecule has 1 saturated heterocycles. The number of rotatable bonds is 2. The first-order valence-corrected chi connectivity index (χ1v) is 6.52. The van der Waals surface area contributed by atoms with Crippen LogP contribution in [-0.2, 0) is 4.74 Å². The SMILES string of the molecule is O=C1NC(=O)c2c(SN3CCOCC3)cccc21. The summed E-state index contributed by atoms with van der Waals surface area (Å²) in [7, 11) is 0. The molecule has 1 aromatic carbocycles. The number of nitrogens with zero attached hydrogens (tertiary/aromatic N) is 1. The van der Waals surface area contributed by atoms with E-state index in [4.69, 9.17) is 4.74 Å². The topological polar surface area (TPSA) is 58.6 Å². The van der Waals surface area contributed by atoms with Crippen LogP contribution in [0.25, 0.3) is 0 Å². The maximum Gasteiger partial charge on any atom is 0.260 e. The Labute approximate surface area is 109 Å². The van der Waals surface area contributed by atoms with Gasteiger partial charge in [-0.25, -0.2) is 4.31 Å². The van der Waals surface area contributed by atoms with Crippen molar-refractivity contribution in [2.24, 2.45) is 0 Å². The Balaban J connectivity index is 1.89. The molecule has 2 amide bonds. The number of amides is 2. The van der Waals surface area contributed by atoms with Crippen molar-refractivity contribution in [1.29, 1.82) is 0 Å². The number of benzene rings is 1. The van der Waals surface area contributed by atoms with Crippen LogP contribution in [0.4, 0.5) is 0 Å². The van der Waals surface area contributed by atoms with Crippen molar-refractivity contribution in [2.45, 2.75) is 4.90 Å². The van der Waals surface area contributed by atoms with Gasteiger partial charge in [0.05, 0.1) is 24.3 Å². The number of nitrogens with one attached hydrogen (secondary N) is 1. The molecule has 1 N–H and O–H groups in total. The van der Waals surface area contributed by atoms with Gasteiger partial charge in [-0.2, -0.15) is 0 Å². The zero-order chi connectivity index (χ0) is 12.5. The summed E-state index contributed by atoms with van der Waals surface area (Å²) in [5, 5.41) is 2.33. The smallest absolute Gasteiger partial charge is 0.260 e. The number of carbonyl (C=O) groups excluding carboxylic acids is 2. The predicted molar refractivity (Wildman–Crippen MR) is 66.5 cm³/mol. The van der Waals surface area contributed by atoms with E-state index < -0.39 is 0 Å². The number of carbonyl (C=O) groups is 2. The van der Waals surface area contributed by atoms with Crippen LogP contribution in [0.3, 0.4) is 0 Å². The molecule has 1 aromatic rings. The largest absolute Gasteiger partial charge is 0.379 e. The van der Waals surface area contributed by atoms with Gasteiger partial charge in [-0.1, -0.05) is 6.07 Å². The number of ether oxygens (including phenoxy) is 1. The number of imide groups is 1. The van der Waals surface area contributed by atoms with E-state index in [-0.39, 0.29) is 11.8 Å². The van der Waals surface area contributed by atoms with E-state index in [9.17, 15) is 9.59 Å². The minimum atomic E-state index is -0.306. The van der Waals surface area contributed by atoms with Crippen LogP contribution < -0.4 is 5.32 Å². The van der Waals surface area contributed by atoms with Crippen LogP contribution in [0.15, 0.2) is 23.1 Å². The van der Waals surface area contributed by atoms with Crippen molar-refractivity contribution >= 4 is 23.8 Å². The summed E-state index contributed by atoms with van der Waals surface area (Å²) in [4.78, 5) is 24.1. The lowest BCUT2D eigenvalue weighted by atomic mass is 10.1. The first-order valence-electron chi connectivity index (χ1n) is 5.75. The average Bonchev–Trinajstić information content (AvgIpc) is 2.67. The second-order valence-corrected chi connectivity index (χ2v) is 5.23. The van der Waals surface area contributed by atoms with Gasteiger partial charge in [0.2, 0.25) is 0 Å². The Kier molecular flexibility index (Phi) is 3.07. The minimum Gasteiger partial charge on any atom is -0.379 e. The van der Waals surface area contributed by atoms with Crippen molar-refractivity contribution in [1.82, 2.24) is 9.62 Å². The molecule has 0 unspecified atom stereocenters. The molecule has 0 bridgehead atoms. The number of hydrogen-bond donors (Lipinski definition) is 1. The molecule has 0 radical (unpaired) electrons. The monoisotopic (exact) mass is 264 g/mol. The molecular weight excluding hydrogens is 252 g/mol. The van der Waals surface area contributed by atoms with Crippen molar-refractivity contribution < 1.29 is 14.3 Å². The lowest BCUT2D eigenvalue weighted by Gasteiger charge is -2.25. The molecule has 2 aliphatic rings. The standard InChI is InChI=1S/C12H12N2O3S/c15-11-8-2-1-3-9(10(8)12(16)13-11)18-14-4-6-17-7-5-14/h1-3H,4-7H2,(H,13,15,16). The molecule has 5 nitrogen and oxygen atoms in total. The van der Waals surface area contributed by atoms with E-state index in [2.05, 4.69) is 9.62 Å². The number of hydrogen-bond acceptors (Lipinski definition) is 5. The third kappa shape index (κ3) is 2.03. The Bertz CT molecular complexity index is 512. The summed E-state index contributed by atoms with van der Waals surface area (Å²) in [6.45, 7) is 3.05. The van der Waals surface area contributed by atoms with E-state index in [1.165, 1.54) is 11.9 Å². The Morgan fingerprint density at radius 3 is 2.72 bits per heavy atom. The van der Waals surface area contributed by atoms with Gasteiger partial charge in [-0.15, -0.1) is 0 Å². The van der Waals surface area contributed by atoms with E-state index >= 15 is 0 Å². The highest BCUT2D eigenvalue weighted by atomic mass is 32.2. The van der Waals surface area contributed by atoms with Crippen molar-refractivity contribution in [3.05, 3.63) is 29.3 Å². The highest BCUT2D eigenvalue weighted by Crippen LogP contribution is 2.31. The van der Waals surface area contributed by atoms with Gasteiger partial charge < -0.3 is 4.74 Å². The van der Waals surface area contributed by atoms with Crippen molar-refractivity contribution in [3.8, 4) is 0 Å². The molecule has 2 aliphatic heterocycles. The molecule has 0 aromatic heterocycles. The van der Waals surface area contributed by atoms with Crippen LogP contribution in [0, 0.1) is 0 Å². The summed E-state index contributed by atoms with van der Waals surface area (Å²) in [6, 6.07) is 5.36. The average molecular weight is 264 g/mol. The Hall–Kier alpha value is -1.37. The molecule has 0 saturated carbocycles. The normalized spacial score (nSPS) is 19.8. The molecular formula is C12H12N2O3S. The summed E-state index contributed by atoms with van der Waals surface area (Å²) in [6.07, 6.45) is 0. The molecule has 94 valence electrons. The zero-order valence-corrected chi connectivity index (χ0v) is 10.5. The predicted octanol–water partition coefficient (Wildman–Crippen LogP) is 0.909. The quantitative estimate of drug-likeness (QED) is 0.635. The van der Waals surface area contributed by atoms with E-state index in [1.807, 2.05) is 6.07 Å². The van der Waals surface area contributed by atoms with Crippen LogP contribution in [-0.4, -0.2) is 42.4 Å². The summed E-state index contributed by atoms with van der Waals surface area (Å²) >= 11 is 1.52. The van der Waals surface area contributed by atoms with E-state index in [1.54, 1.807) is 12.1 Å². The van der Waals surface area contributed by atoms with Gasteiger partial charge in [0.25, 0.3) is 11.8 Å². The van der Waals surface area contributed by atoms with Crippen LogP contribution in [0.1, 0.15) is 20.7 Å². The maximum absolute atomic E-state index is 11.7. The molecule has 18 heavy (non-hydrogen) atoms. The lowest BCUT2D eigenvalue weighted by molar-refractivity contribution is 0.0773. The third-order valence-electron chi connectivity index (χ3n) is 2.92. The highest BCUT2D eigenvalue weighted by Gasteiger charge is 2.30. The van der Waals surface area contributed by atoms with Gasteiger partial charge in [0.15, 0.2) is 0 Å². The summed E-state index contributed by atoms with van der Waals surface area (Å²) in [5.74, 6) is -0.606. The van der Waals surface area contributed by atoms with Crippen LogP contribution >= 0.6 is 11.9 Å². The lowest BCUT2D eigenvalue weighted by Crippen LogP contribution is -2.31. The van der Waals surface area contributed by atoms with Gasteiger partial charge in [0, 0.05) is 18.0 Å². The zero-order valence-electron chi connectivity index (χ0n) is 9.64. The first kappa shape index (κ1) is 11.7. The fourth-order valence-electron chi connectivity index (χ4n) is 2.04. The molecule has 0 spiro atoms. The number of fused-ring (bicyclic) bond motifs is 1. The van der Waals surface area contributed by atoms with Gasteiger partial charge >= 0.3 is 0 Å². The van der Waals surface area contributed by atoms with Gasteiger partial charge in [-0.05, 0) is 24.1 Å². The highest BCUT2D eigenvalue weighted by molar-refractivity contribution is 7.97. The van der Waals surface area contributed by atoms with Crippen LogP contribution in [0.5, 0.6) is 0 Å². The maximum atomic E-state index is 11.7. The minimum absolute atomic E-state index is 0.300. The molecule has 0 aliphatic carbocycles. The van der Waals surface area contributed by atoms with Crippen molar-refractivity contribution in [3.63, 3.8) is 0 Å². The van der Waals surface area contributed by atoms with E-state index in [0.29, 0.717) is 24.3 Å². The fraction of sp³-hybridized carbons (Fsp3) is 0.333. The summed E-state index contributed by atoms with van der Waals surface area (Å²) in [5.41, 5.74) is 0.970. The molecule has 3 rings (SSSR count). The second-order valence-electron chi connectivity index (χ2n) is 4.09. The van der Waals surface area contributed by atoms with E-state index in [0.717, 1.165) is 18.0 Å². The Morgan fingerprint density at radius 1 is 1.17 bits per heavy atom. The molecule has 6 heteroatoms. The molecule has 1 fully saturated rings. The molecule has 2 heterocycles. The number of morpholine rings is 1. The van der Waals surface area contributed by atoms with Gasteiger partial charge in [0.1, 0.15) is 0 Å². The second kappa shape index (κ2) is 4.72. The van der Waals surface area contributed by atoms with Gasteiger partial charge in [-0.3, -0.25) is 14.9 Å².